The van der Waals surface area contributed by atoms with Crippen molar-refractivity contribution in [2.24, 2.45) is 10.7 Å². The maximum atomic E-state index is 5.57. The Hall–Kier alpha value is -0.523. The molecule has 3 nitrogen and oxygen atoms in total. The lowest BCUT2D eigenvalue weighted by atomic mass is 10.6. The average molecular weight is 230 g/mol. The van der Waals surface area contributed by atoms with Crippen LogP contribution < -0.4 is 5.73 Å². The average Bonchev–Trinajstić information content (AvgIpc) is 2.12. The predicted molar refractivity (Wildman–Crippen MR) is 67.9 cm³/mol. The highest BCUT2D eigenvalue weighted by Crippen LogP contribution is 2.16. The number of nitrogens with zero attached hydrogens (tertiary/aromatic N) is 1. The molecule has 0 radical (unpaired) electrons. The fraction of sp³-hybridized carbons (Fsp3) is 0.444. The van der Waals surface area contributed by atoms with Gasteiger partial charge in [-0.15, -0.1) is 11.8 Å². The van der Waals surface area contributed by atoms with E-state index < -0.39 is 8.32 Å². The highest BCUT2D eigenvalue weighted by molar-refractivity contribution is 8.15. The zero-order chi connectivity index (χ0) is 11.2. The molecule has 2 N–H and O–H groups in total. The van der Waals surface area contributed by atoms with Crippen LogP contribution in [-0.2, 0) is 4.43 Å². The molecule has 0 rings (SSSR count). The van der Waals surface area contributed by atoms with Gasteiger partial charge in [-0.05, 0) is 13.1 Å². The second-order valence-electron chi connectivity index (χ2n) is 3.39. The van der Waals surface area contributed by atoms with Gasteiger partial charge < -0.3 is 10.2 Å². The van der Waals surface area contributed by atoms with Gasteiger partial charge >= 0.3 is 0 Å². The molecule has 0 unspecified atom stereocenters. The van der Waals surface area contributed by atoms with Crippen molar-refractivity contribution in [3.63, 3.8) is 0 Å². The molecule has 0 aromatic heterocycles. The van der Waals surface area contributed by atoms with Gasteiger partial charge in [-0.25, -0.2) is 4.99 Å². The maximum absolute atomic E-state index is 5.57. The highest BCUT2D eigenvalue weighted by Gasteiger charge is 2.21. The Morgan fingerprint density at radius 2 is 2.21 bits per heavy atom. The van der Waals surface area contributed by atoms with Crippen molar-refractivity contribution < 1.29 is 4.43 Å². The van der Waals surface area contributed by atoms with Crippen molar-refractivity contribution in [3.05, 3.63) is 25.1 Å². The van der Waals surface area contributed by atoms with Crippen LogP contribution in [0.4, 0.5) is 0 Å². The standard InChI is InChI=1S/C9H18N2OSSi/c1-6-11-9(8(2)10)13-7-14(4,5)12-3/h6H,1-2,7,10H2,3-5H3. The molecule has 0 saturated carbocycles. The third kappa shape index (κ3) is 5.26. The lowest BCUT2D eigenvalue weighted by Gasteiger charge is -2.19. The zero-order valence-electron chi connectivity index (χ0n) is 9.04. The quantitative estimate of drug-likeness (QED) is 0.447. The Balaban J connectivity index is 4.28. The van der Waals surface area contributed by atoms with Crippen LogP contribution in [0.15, 0.2) is 30.0 Å². The minimum atomic E-state index is -1.56. The molecule has 5 heteroatoms. The normalized spacial score (nSPS) is 12.6. The molecule has 0 spiro atoms. The molecule has 14 heavy (non-hydrogen) atoms. The molecule has 0 aliphatic rings. The smallest absolute Gasteiger partial charge is 0.196 e. The molecular weight excluding hydrogens is 212 g/mol. The van der Waals surface area contributed by atoms with E-state index in [1.807, 2.05) is 0 Å². The van der Waals surface area contributed by atoms with Gasteiger partial charge in [0.05, 0.1) is 5.70 Å². The Kier molecular flexibility index (Phi) is 5.83. The van der Waals surface area contributed by atoms with Crippen LogP contribution in [0, 0.1) is 0 Å². The van der Waals surface area contributed by atoms with Crippen LogP contribution in [0.25, 0.3) is 0 Å². The first-order valence-electron chi connectivity index (χ1n) is 4.24. The molecule has 0 fully saturated rings. The minimum absolute atomic E-state index is 0.482. The van der Waals surface area contributed by atoms with Gasteiger partial charge in [0.25, 0.3) is 0 Å². The zero-order valence-corrected chi connectivity index (χ0v) is 10.9. The summed E-state index contributed by atoms with van der Waals surface area (Å²) in [4.78, 5) is 4.05. The van der Waals surface area contributed by atoms with Crippen LogP contribution in [0.2, 0.25) is 13.1 Å². The van der Waals surface area contributed by atoms with E-state index in [4.69, 9.17) is 10.2 Å². The lowest BCUT2D eigenvalue weighted by Crippen LogP contribution is -2.33. The summed E-state index contributed by atoms with van der Waals surface area (Å²) in [5.41, 5.74) is 6.06. The van der Waals surface area contributed by atoms with E-state index >= 15 is 0 Å². The van der Waals surface area contributed by atoms with Crippen LogP contribution in [-0.4, -0.2) is 25.8 Å². The number of aliphatic imine (C=N–C) groups is 1. The molecule has 0 amide bonds. The molecule has 0 atom stereocenters. The lowest BCUT2D eigenvalue weighted by molar-refractivity contribution is 0.410. The van der Waals surface area contributed by atoms with E-state index in [2.05, 4.69) is 31.2 Å². The van der Waals surface area contributed by atoms with Crippen LogP contribution in [0.1, 0.15) is 0 Å². The third-order valence-corrected chi connectivity index (χ3v) is 6.70. The van der Waals surface area contributed by atoms with Crippen molar-refractivity contribution in [1.82, 2.24) is 0 Å². The monoisotopic (exact) mass is 230 g/mol. The molecule has 0 saturated heterocycles. The first-order chi connectivity index (χ1) is 6.43. The largest absolute Gasteiger partial charge is 0.420 e. The fourth-order valence-electron chi connectivity index (χ4n) is 0.597. The summed E-state index contributed by atoms with van der Waals surface area (Å²) < 4.78 is 5.41. The highest BCUT2D eigenvalue weighted by atomic mass is 32.2. The van der Waals surface area contributed by atoms with Crippen molar-refractivity contribution in [3.8, 4) is 0 Å². The maximum Gasteiger partial charge on any atom is 0.196 e. The van der Waals surface area contributed by atoms with Gasteiger partial charge in [0, 0.05) is 18.7 Å². The van der Waals surface area contributed by atoms with E-state index in [0.29, 0.717) is 5.70 Å². The first-order valence-corrected chi connectivity index (χ1v) is 8.34. The summed E-state index contributed by atoms with van der Waals surface area (Å²) in [6.45, 7) is 11.5. The number of thioether (sulfide) groups is 1. The SMILES string of the molecule is C=CN=C(SC[Si](C)(C)OC)C(=C)N. The van der Waals surface area contributed by atoms with Crippen molar-refractivity contribution in [1.29, 1.82) is 0 Å². The van der Waals surface area contributed by atoms with E-state index in [1.165, 1.54) is 6.20 Å². The van der Waals surface area contributed by atoms with Gasteiger partial charge in [-0.2, -0.15) is 0 Å². The van der Waals surface area contributed by atoms with E-state index in [1.54, 1.807) is 18.9 Å². The van der Waals surface area contributed by atoms with Crippen molar-refractivity contribution in [2.45, 2.75) is 13.1 Å². The molecule has 0 aromatic rings. The van der Waals surface area contributed by atoms with Crippen molar-refractivity contribution in [2.75, 3.05) is 12.5 Å². The Morgan fingerprint density at radius 3 is 2.57 bits per heavy atom. The Bertz CT molecular complexity index is 251. The van der Waals surface area contributed by atoms with Crippen LogP contribution >= 0.6 is 11.8 Å². The second-order valence-corrected chi connectivity index (χ2v) is 9.15. The number of hydrogen-bond donors (Lipinski definition) is 1. The van der Waals surface area contributed by atoms with Gasteiger partial charge in [-0.1, -0.05) is 13.2 Å². The minimum Gasteiger partial charge on any atom is -0.420 e. The molecule has 0 aromatic carbocycles. The summed E-state index contributed by atoms with van der Waals surface area (Å²) in [5.74, 6) is 0. The molecule has 0 aliphatic heterocycles. The molecule has 80 valence electrons. The summed E-state index contributed by atoms with van der Waals surface area (Å²) in [6.07, 6.45) is 1.47. The van der Waals surface area contributed by atoms with E-state index in [-0.39, 0.29) is 0 Å². The first kappa shape index (κ1) is 13.5. The Morgan fingerprint density at radius 1 is 1.64 bits per heavy atom. The topological polar surface area (TPSA) is 47.6 Å². The molecule has 0 aliphatic carbocycles. The van der Waals surface area contributed by atoms with E-state index in [0.717, 1.165) is 10.4 Å². The molecular formula is C9H18N2OSSi. The molecule has 0 heterocycles. The van der Waals surface area contributed by atoms with Gasteiger partial charge in [0.2, 0.25) is 0 Å². The number of rotatable bonds is 5. The van der Waals surface area contributed by atoms with Gasteiger partial charge in [-0.3, -0.25) is 0 Å². The van der Waals surface area contributed by atoms with Crippen LogP contribution in [0.3, 0.4) is 0 Å². The van der Waals surface area contributed by atoms with E-state index in [9.17, 15) is 0 Å². The fourth-order valence-corrected chi connectivity index (χ4v) is 3.34. The number of nitrogens with two attached hydrogens (primary N) is 1. The summed E-state index contributed by atoms with van der Waals surface area (Å²) >= 11 is 1.58. The predicted octanol–water partition coefficient (Wildman–Crippen LogP) is 2.12. The van der Waals surface area contributed by atoms with Crippen LogP contribution in [0.5, 0.6) is 0 Å². The third-order valence-electron chi connectivity index (χ3n) is 1.59. The molecule has 0 bridgehead atoms. The number of hydrogen-bond acceptors (Lipinski definition) is 4. The van der Waals surface area contributed by atoms with Gasteiger partial charge in [0.1, 0.15) is 5.04 Å². The second kappa shape index (κ2) is 6.05. The summed E-state index contributed by atoms with van der Waals surface area (Å²) in [7, 11) is 0.181. The summed E-state index contributed by atoms with van der Waals surface area (Å²) in [6, 6.07) is 0. The Labute approximate surface area is 91.3 Å². The summed E-state index contributed by atoms with van der Waals surface area (Å²) in [5, 5.41) is 1.64. The van der Waals surface area contributed by atoms with Crippen molar-refractivity contribution >= 4 is 25.1 Å². The van der Waals surface area contributed by atoms with Gasteiger partial charge in [0.15, 0.2) is 8.32 Å².